The summed E-state index contributed by atoms with van der Waals surface area (Å²) in [5, 5.41) is 9.22. The molecule has 0 bridgehead atoms. The van der Waals surface area contributed by atoms with E-state index >= 15 is 0 Å². The summed E-state index contributed by atoms with van der Waals surface area (Å²) in [6.07, 6.45) is 0. The van der Waals surface area contributed by atoms with Crippen LogP contribution < -0.4 is 9.46 Å². The van der Waals surface area contributed by atoms with Crippen LogP contribution in [0.3, 0.4) is 0 Å². The number of anilines is 1. The fourth-order valence-corrected chi connectivity index (χ4v) is 3.38. The lowest BCUT2D eigenvalue weighted by atomic mass is 10.1. The number of hydrogen-bond acceptors (Lipinski definition) is 4. The zero-order valence-corrected chi connectivity index (χ0v) is 12.9. The van der Waals surface area contributed by atoms with Crippen LogP contribution in [0.5, 0.6) is 11.5 Å². The summed E-state index contributed by atoms with van der Waals surface area (Å²) >= 11 is 0. The Hall–Kier alpha value is -2.21. The normalized spacial score (nSPS) is 11.2. The maximum atomic E-state index is 12.4. The van der Waals surface area contributed by atoms with Crippen LogP contribution in [0, 0.1) is 13.8 Å². The predicted molar refractivity (Wildman–Crippen MR) is 81.4 cm³/mol. The summed E-state index contributed by atoms with van der Waals surface area (Å²) in [4.78, 5) is 0.203. The largest absolute Gasteiger partial charge is 0.508 e. The van der Waals surface area contributed by atoms with E-state index < -0.39 is 10.0 Å². The summed E-state index contributed by atoms with van der Waals surface area (Å²) in [5.74, 6) is 0.727. The van der Waals surface area contributed by atoms with Gasteiger partial charge in [0.05, 0.1) is 12.0 Å². The molecule has 0 saturated heterocycles. The first-order valence-corrected chi connectivity index (χ1v) is 7.79. The van der Waals surface area contributed by atoms with Gasteiger partial charge in [0, 0.05) is 5.69 Å². The van der Waals surface area contributed by atoms with Crippen molar-refractivity contribution in [2.24, 2.45) is 0 Å². The lowest BCUT2D eigenvalue weighted by Gasteiger charge is -2.13. The van der Waals surface area contributed by atoms with Gasteiger partial charge in [0.25, 0.3) is 10.0 Å². The van der Waals surface area contributed by atoms with Crippen molar-refractivity contribution < 1.29 is 18.3 Å². The van der Waals surface area contributed by atoms with Crippen molar-refractivity contribution in [1.29, 1.82) is 0 Å². The summed E-state index contributed by atoms with van der Waals surface area (Å²) in [6, 6.07) is 9.11. The van der Waals surface area contributed by atoms with Crippen LogP contribution in [0.1, 0.15) is 11.1 Å². The van der Waals surface area contributed by atoms with E-state index in [4.69, 9.17) is 4.74 Å². The third-order valence-electron chi connectivity index (χ3n) is 3.10. The van der Waals surface area contributed by atoms with Gasteiger partial charge in [-0.05, 0) is 61.4 Å². The monoisotopic (exact) mass is 307 g/mol. The standard InChI is InChI=1S/C15H17NO4S/c1-10-9-15(11(2)8-14(10)20-3)21(18,19)16-12-4-6-13(17)7-5-12/h4-9,16-17H,1-3H3. The third kappa shape index (κ3) is 3.28. The van der Waals surface area contributed by atoms with E-state index in [0.29, 0.717) is 17.0 Å². The minimum Gasteiger partial charge on any atom is -0.508 e. The van der Waals surface area contributed by atoms with Crippen molar-refractivity contribution in [3.05, 3.63) is 47.5 Å². The highest BCUT2D eigenvalue weighted by Crippen LogP contribution is 2.27. The van der Waals surface area contributed by atoms with Crippen LogP contribution in [-0.2, 0) is 10.0 Å². The number of sulfonamides is 1. The number of ether oxygens (including phenoxy) is 1. The Kier molecular flexibility index (Phi) is 4.09. The van der Waals surface area contributed by atoms with Crippen LogP contribution in [0.4, 0.5) is 5.69 Å². The van der Waals surface area contributed by atoms with E-state index in [2.05, 4.69) is 4.72 Å². The quantitative estimate of drug-likeness (QED) is 0.852. The van der Waals surface area contributed by atoms with Gasteiger partial charge in [-0.3, -0.25) is 4.72 Å². The number of benzene rings is 2. The van der Waals surface area contributed by atoms with Gasteiger partial charge in [-0.15, -0.1) is 0 Å². The first-order valence-electron chi connectivity index (χ1n) is 6.30. The van der Waals surface area contributed by atoms with Gasteiger partial charge < -0.3 is 9.84 Å². The molecule has 0 aliphatic heterocycles. The maximum absolute atomic E-state index is 12.4. The highest BCUT2D eigenvalue weighted by molar-refractivity contribution is 7.92. The van der Waals surface area contributed by atoms with E-state index in [-0.39, 0.29) is 10.6 Å². The van der Waals surface area contributed by atoms with Crippen molar-refractivity contribution in [2.45, 2.75) is 18.7 Å². The number of phenols is 1. The SMILES string of the molecule is COc1cc(C)c(S(=O)(=O)Nc2ccc(O)cc2)cc1C. The molecule has 21 heavy (non-hydrogen) atoms. The molecule has 0 spiro atoms. The number of phenolic OH excluding ortho intramolecular Hbond substituents is 1. The molecule has 5 nitrogen and oxygen atoms in total. The van der Waals surface area contributed by atoms with Gasteiger partial charge in [-0.1, -0.05) is 0 Å². The topological polar surface area (TPSA) is 75.6 Å². The molecule has 112 valence electrons. The van der Waals surface area contributed by atoms with Gasteiger partial charge >= 0.3 is 0 Å². The molecule has 2 aromatic rings. The molecule has 2 rings (SSSR count). The number of rotatable bonds is 4. The molecule has 0 unspecified atom stereocenters. The molecule has 2 N–H and O–H groups in total. The van der Waals surface area contributed by atoms with Crippen molar-refractivity contribution >= 4 is 15.7 Å². The first kappa shape index (κ1) is 15.2. The lowest BCUT2D eigenvalue weighted by molar-refractivity contribution is 0.411. The van der Waals surface area contributed by atoms with E-state index in [9.17, 15) is 13.5 Å². The van der Waals surface area contributed by atoms with Crippen LogP contribution in [0.2, 0.25) is 0 Å². The molecular weight excluding hydrogens is 290 g/mol. The Bertz CT molecular complexity index is 752. The Balaban J connectivity index is 2.40. The van der Waals surface area contributed by atoms with E-state index in [1.807, 2.05) is 0 Å². The second-order valence-electron chi connectivity index (χ2n) is 4.74. The second kappa shape index (κ2) is 5.65. The molecule has 0 aliphatic rings. The zero-order valence-electron chi connectivity index (χ0n) is 12.0. The average Bonchev–Trinajstić information content (AvgIpc) is 2.43. The highest BCUT2D eigenvalue weighted by Gasteiger charge is 2.18. The number of nitrogens with one attached hydrogen (secondary N) is 1. The highest BCUT2D eigenvalue weighted by atomic mass is 32.2. The van der Waals surface area contributed by atoms with Gasteiger partial charge in [-0.2, -0.15) is 0 Å². The Morgan fingerprint density at radius 3 is 2.24 bits per heavy atom. The minimum atomic E-state index is -3.69. The van der Waals surface area contributed by atoms with Crippen molar-refractivity contribution in [3.8, 4) is 11.5 Å². The summed E-state index contributed by atoms with van der Waals surface area (Å²) in [7, 11) is -2.15. The fourth-order valence-electron chi connectivity index (χ4n) is 2.01. The fraction of sp³-hybridized carbons (Fsp3) is 0.200. The summed E-state index contributed by atoms with van der Waals surface area (Å²) in [6.45, 7) is 3.51. The molecule has 0 saturated carbocycles. The number of aryl methyl sites for hydroxylation is 2. The van der Waals surface area contributed by atoms with Gasteiger partial charge in [0.1, 0.15) is 11.5 Å². The minimum absolute atomic E-state index is 0.0782. The van der Waals surface area contributed by atoms with Gasteiger partial charge in [-0.25, -0.2) is 8.42 Å². The molecule has 0 aliphatic carbocycles. The van der Waals surface area contributed by atoms with Crippen LogP contribution in [-0.4, -0.2) is 20.6 Å². The second-order valence-corrected chi connectivity index (χ2v) is 6.39. The Morgan fingerprint density at radius 2 is 1.67 bits per heavy atom. The van der Waals surface area contributed by atoms with Crippen LogP contribution >= 0.6 is 0 Å². The molecule has 6 heteroatoms. The number of aromatic hydroxyl groups is 1. The summed E-state index contributed by atoms with van der Waals surface area (Å²) < 4.78 is 32.6. The Labute approximate surface area is 124 Å². The van der Waals surface area contributed by atoms with E-state index in [1.54, 1.807) is 33.1 Å². The lowest BCUT2D eigenvalue weighted by Crippen LogP contribution is -2.14. The maximum Gasteiger partial charge on any atom is 0.262 e. The van der Waals surface area contributed by atoms with Crippen LogP contribution in [0.25, 0.3) is 0 Å². The smallest absolute Gasteiger partial charge is 0.262 e. The van der Waals surface area contributed by atoms with E-state index in [1.165, 1.54) is 24.3 Å². The molecule has 0 radical (unpaired) electrons. The average molecular weight is 307 g/mol. The molecule has 2 aromatic carbocycles. The zero-order chi connectivity index (χ0) is 15.6. The van der Waals surface area contributed by atoms with Crippen molar-refractivity contribution in [1.82, 2.24) is 0 Å². The molecular formula is C15H17NO4S. The van der Waals surface area contributed by atoms with E-state index in [0.717, 1.165) is 5.56 Å². The molecule has 0 amide bonds. The predicted octanol–water partition coefficient (Wildman–Crippen LogP) is 2.82. The summed E-state index contributed by atoms with van der Waals surface area (Å²) in [5.41, 5.74) is 1.73. The first-order chi connectivity index (χ1) is 9.83. The number of methoxy groups -OCH3 is 1. The molecule has 0 fully saturated rings. The molecule has 0 heterocycles. The van der Waals surface area contributed by atoms with Crippen molar-refractivity contribution in [3.63, 3.8) is 0 Å². The van der Waals surface area contributed by atoms with Crippen molar-refractivity contribution in [2.75, 3.05) is 11.8 Å². The Morgan fingerprint density at radius 1 is 1.05 bits per heavy atom. The van der Waals surface area contributed by atoms with Gasteiger partial charge in [0.2, 0.25) is 0 Å². The van der Waals surface area contributed by atoms with Crippen LogP contribution in [0.15, 0.2) is 41.3 Å². The van der Waals surface area contributed by atoms with Gasteiger partial charge in [0.15, 0.2) is 0 Å². The molecule has 0 atom stereocenters. The third-order valence-corrected chi connectivity index (χ3v) is 4.62. The number of hydrogen-bond donors (Lipinski definition) is 2. The molecule has 0 aromatic heterocycles.